The maximum Gasteiger partial charge on any atom is 0.158 e. The van der Waals surface area contributed by atoms with Gasteiger partial charge in [-0.3, -0.25) is 4.79 Å². The Kier molecular flexibility index (Phi) is 1.58. The molecule has 0 aromatic heterocycles. The molecule has 0 aliphatic heterocycles. The highest BCUT2D eigenvalue weighted by atomic mass is 16.3. The van der Waals surface area contributed by atoms with Crippen LogP contribution < -0.4 is 0 Å². The molecule has 1 rings (SSSR count). The van der Waals surface area contributed by atoms with Crippen molar-refractivity contribution in [3.05, 3.63) is 23.8 Å². The smallest absolute Gasteiger partial charge is 0.158 e. The van der Waals surface area contributed by atoms with Crippen LogP contribution in [0.15, 0.2) is 18.2 Å². The molecule has 1 aromatic rings. The molecule has 0 unspecified atom stereocenters. The first-order chi connectivity index (χ1) is 4.74. The van der Waals surface area contributed by atoms with Gasteiger partial charge in [-0.2, -0.15) is 0 Å². The molecule has 0 saturated carbocycles. The van der Waals surface area contributed by atoms with Crippen molar-refractivity contribution in [2.45, 2.75) is 0 Å². The lowest BCUT2D eigenvalue weighted by Gasteiger charge is -1.95. The second-order valence-electron chi connectivity index (χ2n) is 1.87. The van der Waals surface area contributed by atoms with E-state index in [0.717, 1.165) is 0 Å². The van der Waals surface area contributed by atoms with Crippen molar-refractivity contribution < 1.29 is 15.0 Å². The summed E-state index contributed by atoms with van der Waals surface area (Å²) in [5.41, 5.74) is 0.343. The highest BCUT2D eigenvalue weighted by Gasteiger charge is 1.97. The summed E-state index contributed by atoms with van der Waals surface area (Å²) in [5.74, 6) is -0.491. The summed E-state index contributed by atoms with van der Waals surface area (Å²) >= 11 is 0. The number of rotatable bonds is 1. The molecule has 0 fully saturated rings. The number of phenolic OH excluding ortho intramolecular Hbond substituents is 2. The zero-order valence-electron chi connectivity index (χ0n) is 5.11. The van der Waals surface area contributed by atoms with Gasteiger partial charge in [0.1, 0.15) is 6.29 Å². The van der Waals surface area contributed by atoms with Crippen molar-refractivity contribution in [3.8, 4) is 11.5 Å². The standard InChI is InChI=1S/C7H6O3/c8-4-5-1-2-6(9)7(10)3-5/h1-4,9-10H/i4+1. The average molecular weight is 139 g/mol. The fraction of sp³-hybridized carbons (Fsp3) is 0. The van der Waals surface area contributed by atoms with E-state index in [1.807, 2.05) is 0 Å². The minimum atomic E-state index is -0.274. The molecule has 10 heavy (non-hydrogen) atoms. The predicted molar refractivity (Wildman–Crippen MR) is 35.2 cm³/mol. The second-order valence-corrected chi connectivity index (χ2v) is 1.87. The topological polar surface area (TPSA) is 57.5 Å². The third-order valence-electron chi connectivity index (χ3n) is 1.14. The summed E-state index contributed by atoms with van der Waals surface area (Å²) in [6.07, 6.45) is 0.596. The first-order valence-corrected chi connectivity index (χ1v) is 2.71. The van der Waals surface area contributed by atoms with Gasteiger partial charge in [-0.05, 0) is 18.2 Å². The Morgan fingerprint density at radius 3 is 2.40 bits per heavy atom. The molecule has 3 nitrogen and oxygen atoms in total. The number of aldehydes is 1. The zero-order chi connectivity index (χ0) is 7.56. The number of hydrogen-bond acceptors (Lipinski definition) is 3. The molecule has 3 heteroatoms. The zero-order valence-corrected chi connectivity index (χ0v) is 5.11. The van der Waals surface area contributed by atoms with Gasteiger partial charge in [0.2, 0.25) is 0 Å². The Morgan fingerprint density at radius 1 is 1.20 bits per heavy atom. The van der Waals surface area contributed by atoms with E-state index in [4.69, 9.17) is 10.2 Å². The van der Waals surface area contributed by atoms with Crippen molar-refractivity contribution in [2.75, 3.05) is 0 Å². The predicted octanol–water partition coefficient (Wildman–Crippen LogP) is 0.910. The fourth-order valence-corrected chi connectivity index (χ4v) is 0.614. The van der Waals surface area contributed by atoms with Crippen LogP contribution in [0.4, 0.5) is 0 Å². The van der Waals surface area contributed by atoms with Crippen molar-refractivity contribution in [2.24, 2.45) is 0 Å². The Hall–Kier alpha value is -1.51. The lowest BCUT2D eigenvalue weighted by molar-refractivity contribution is 0.112. The van der Waals surface area contributed by atoms with Crippen LogP contribution in [0.2, 0.25) is 0 Å². The highest BCUT2D eigenvalue weighted by Crippen LogP contribution is 2.23. The fourth-order valence-electron chi connectivity index (χ4n) is 0.614. The van der Waals surface area contributed by atoms with E-state index in [-0.39, 0.29) is 11.5 Å². The molecule has 52 valence electrons. The molecule has 0 amide bonds. The van der Waals surface area contributed by atoms with Gasteiger partial charge in [0.25, 0.3) is 0 Å². The van der Waals surface area contributed by atoms with Gasteiger partial charge >= 0.3 is 0 Å². The quantitative estimate of drug-likeness (QED) is 0.345. The van der Waals surface area contributed by atoms with Gasteiger partial charge < -0.3 is 10.2 Å². The summed E-state index contributed by atoms with van der Waals surface area (Å²) in [6, 6.07) is 3.88. The van der Waals surface area contributed by atoms with Crippen LogP contribution in [0.3, 0.4) is 0 Å². The number of aromatic hydroxyl groups is 2. The molecule has 1 aromatic carbocycles. The van der Waals surface area contributed by atoms with Crippen LogP contribution in [0, 0.1) is 0 Å². The van der Waals surface area contributed by atoms with E-state index in [0.29, 0.717) is 11.8 Å². The lowest BCUT2D eigenvalue weighted by atomic mass is 10.2. The van der Waals surface area contributed by atoms with Crippen LogP contribution in [-0.4, -0.2) is 16.5 Å². The van der Waals surface area contributed by atoms with Crippen molar-refractivity contribution in [1.82, 2.24) is 0 Å². The van der Waals surface area contributed by atoms with Gasteiger partial charge in [-0.25, -0.2) is 0 Å². The molecule has 0 bridgehead atoms. The maximum atomic E-state index is 10.1. The minimum absolute atomic E-state index is 0.217. The van der Waals surface area contributed by atoms with E-state index in [1.165, 1.54) is 18.2 Å². The third-order valence-corrected chi connectivity index (χ3v) is 1.14. The Balaban J connectivity index is 3.16. The van der Waals surface area contributed by atoms with Crippen LogP contribution in [0.25, 0.3) is 0 Å². The van der Waals surface area contributed by atoms with E-state index < -0.39 is 0 Å². The van der Waals surface area contributed by atoms with Crippen LogP contribution in [-0.2, 0) is 0 Å². The molecule has 0 aliphatic carbocycles. The highest BCUT2D eigenvalue weighted by molar-refractivity contribution is 5.76. The molecular weight excluding hydrogens is 133 g/mol. The second kappa shape index (κ2) is 2.39. The Morgan fingerprint density at radius 2 is 1.90 bits per heavy atom. The van der Waals surface area contributed by atoms with E-state index in [2.05, 4.69) is 0 Å². The largest absolute Gasteiger partial charge is 0.504 e. The summed E-state index contributed by atoms with van der Waals surface area (Å²) in [5, 5.41) is 17.6. The van der Waals surface area contributed by atoms with Gasteiger partial charge in [0.15, 0.2) is 11.5 Å². The number of carbonyl (C=O) groups is 1. The Bertz CT molecular complexity index is 255. The number of phenols is 2. The Labute approximate surface area is 57.5 Å². The van der Waals surface area contributed by atoms with Crippen LogP contribution in [0.5, 0.6) is 11.5 Å². The molecule has 0 saturated heterocycles. The minimum Gasteiger partial charge on any atom is -0.504 e. The summed E-state index contributed by atoms with van der Waals surface area (Å²) < 4.78 is 0. The van der Waals surface area contributed by atoms with E-state index in [1.54, 1.807) is 0 Å². The summed E-state index contributed by atoms with van der Waals surface area (Å²) in [7, 11) is 0. The molecule has 0 aliphatic rings. The third kappa shape index (κ3) is 1.07. The SMILES string of the molecule is O=[13CH]c1ccc(O)c(O)c1. The van der Waals surface area contributed by atoms with Crippen LogP contribution in [0.1, 0.15) is 10.4 Å². The molecule has 0 atom stereocenters. The van der Waals surface area contributed by atoms with Gasteiger partial charge in [0.05, 0.1) is 0 Å². The van der Waals surface area contributed by atoms with Gasteiger partial charge in [-0.1, -0.05) is 0 Å². The maximum absolute atomic E-state index is 10.1. The molecule has 2 N–H and O–H groups in total. The molecular formula is C7H6O3. The first-order valence-electron chi connectivity index (χ1n) is 2.71. The van der Waals surface area contributed by atoms with Crippen molar-refractivity contribution in [1.29, 1.82) is 0 Å². The summed E-state index contributed by atoms with van der Waals surface area (Å²) in [4.78, 5) is 10.1. The van der Waals surface area contributed by atoms with E-state index in [9.17, 15) is 4.79 Å². The van der Waals surface area contributed by atoms with E-state index >= 15 is 0 Å². The molecule has 0 spiro atoms. The number of hydrogen-bond donors (Lipinski definition) is 2. The average Bonchev–Trinajstić information content (AvgIpc) is 1.95. The normalized spacial score (nSPS) is 9.20. The van der Waals surface area contributed by atoms with Gasteiger partial charge in [0, 0.05) is 5.56 Å². The van der Waals surface area contributed by atoms with Crippen molar-refractivity contribution >= 4 is 6.29 Å². The monoisotopic (exact) mass is 139 g/mol. The van der Waals surface area contributed by atoms with Crippen LogP contribution >= 0.6 is 0 Å². The summed E-state index contributed by atoms with van der Waals surface area (Å²) in [6.45, 7) is 0. The van der Waals surface area contributed by atoms with Crippen molar-refractivity contribution in [3.63, 3.8) is 0 Å². The molecule has 0 radical (unpaired) electrons. The first kappa shape index (κ1) is 6.61. The molecule has 0 heterocycles. The number of carbonyl (C=O) groups excluding carboxylic acids is 1. The number of benzene rings is 1. The lowest BCUT2D eigenvalue weighted by Crippen LogP contribution is -1.77. The van der Waals surface area contributed by atoms with Gasteiger partial charge in [-0.15, -0.1) is 0 Å².